The number of hydrogen-bond acceptors (Lipinski definition) is 3. The number of hydrogen-bond donors (Lipinski definition) is 1. The lowest BCUT2D eigenvalue weighted by Gasteiger charge is -2.02. The van der Waals surface area contributed by atoms with Crippen LogP contribution in [0.3, 0.4) is 0 Å². The van der Waals surface area contributed by atoms with Crippen LogP contribution in [0, 0.1) is 6.92 Å². The highest BCUT2D eigenvalue weighted by atomic mass is 16.5. The Morgan fingerprint density at radius 1 is 1.31 bits per heavy atom. The maximum absolute atomic E-state index is 10.5. The zero-order valence-electron chi connectivity index (χ0n) is 10.9. The van der Waals surface area contributed by atoms with Gasteiger partial charge in [0.05, 0.1) is 12.7 Å². The zero-order valence-corrected chi connectivity index (χ0v) is 10.9. The SMILES string of the molecule is CC.CC.COc1cc(C)c(C(=O)O)cn1. The first-order valence-electron chi connectivity index (χ1n) is 5.39. The van der Waals surface area contributed by atoms with E-state index < -0.39 is 5.97 Å². The minimum absolute atomic E-state index is 0.204. The van der Waals surface area contributed by atoms with Crippen LogP contribution in [0.2, 0.25) is 0 Å². The van der Waals surface area contributed by atoms with Crippen molar-refractivity contribution in [3.8, 4) is 5.88 Å². The number of carboxylic acids is 1. The van der Waals surface area contributed by atoms with Crippen LogP contribution < -0.4 is 4.74 Å². The Bertz CT molecular complexity index is 311. The van der Waals surface area contributed by atoms with Crippen LogP contribution in [0.15, 0.2) is 12.3 Å². The van der Waals surface area contributed by atoms with Crippen LogP contribution >= 0.6 is 0 Å². The number of aromatic nitrogens is 1. The molecule has 0 spiro atoms. The van der Waals surface area contributed by atoms with Crippen LogP contribution in [0.5, 0.6) is 5.88 Å². The topological polar surface area (TPSA) is 59.4 Å². The van der Waals surface area contributed by atoms with Gasteiger partial charge in [-0.25, -0.2) is 9.78 Å². The van der Waals surface area contributed by atoms with E-state index in [1.54, 1.807) is 13.0 Å². The van der Waals surface area contributed by atoms with E-state index in [1.165, 1.54) is 13.3 Å². The monoisotopic (exact) mass is 227 g/mol. The highest BCUT2D eigenvalue weighted by molar-refractivity contribution is 5.88. The van der Waals surface area contributed by atoms with Gasteiger partial charge in [-0.1, -0.05) is 27.7 Å². The number of carboxylic acid groups (broad SMARTS) is 1. The average Bonchev–Trinajstić information content (AvgIpc) is 2.33. The molecule has 1 heterocycles. The molecule has 0 aromatic carbocycles. The summed E-state index contributed by atoms with van der Waals surface area (Å²) in [5.74, 6) is -0.542. The molecule has 1 aromatic heterocycles. The van der Waals surface area contributed by atoms with Crippen LogP contribution in [-0.4, -0.2) is 23.2 Å². The third kappa shape index (κ3) is 5.34. The molecule has 0 unspecified atom stereocenters. The van der Waals surface area contributed by atoms with Gasteiger partial charge in [-0.2, -0.15) is 0 Å². The lowest BCUT2D eigenvalue weighted by molar-refractivity contribution is 0.0695. The van der Waals surface area contributed by atoms with Gasteiger partial charge in [0.1, 0.15) is 0 Å². The fourth-order valence-corrected chi connectivity index (χ4v) is 0.866. The summed E-state index contributed by atoms with van der Waals surface area (Å²) >= 11 is 0. The fraction of sp³-hybridized carbons (Fsp3) is 0.500. The number of aromatic carboxylic acids is 1. The number of methoxy groups -OCH3 is 1. The molecule has 92 valence electrons. The van der Waals surface area contributed by atoms with Gasteiger partial charge in [-0.15, -0.1) is 0 Å². The molecule has 0 fully saturated rings. The fourth-order valence-electron chi connectivity index (χ4n) is 0.866. The Balaban J connectivity index is 0. The molecule has 0 bridgehead atoms. The van der Waals surface area contributed by atoms with Gasteiger partial charge in [0, 0.05) is 12.3 Å². The number of aryl methyl sites for hydroxylation is 1. The van der Waals surface area contributed by atoms with Crippen molar-refractivity contribution in [2.24, 2.45) is 0 Å². The predicted molar refractivity (Wildman–Crippen MR) is 65.2 cm³/mol. The first-order chi connectivity index (χ1) is 7.65. The Morgan fingerprint density at radius 2 is 1.81 bits per heavy atom. The quantitative estimate of drug-likeness (QED) is 0.843. The smallest absolute Gasteiger partial charge is 0.337 e. The van der Waals surface area contributed by atoms with Crippen molar-refractivity contribution in [2.45, 2.75) is 34.6 Å². The largest absolute Gasteiger partial charge is 0.481 e. The first kappa shape index (κ1) is 16.8. The van der Waals surface area contributed by atoms with Gasteiger partial charge in [-0.05, 0) is 12.5 Å². The van der Waals surface area contributed by atoms with Gasteiger partial charge < -0.3 is 9.84 Å². The Hall–Kier alpha value is -1.58. The summed E-state index contributed by atoms with van der Waals surface area (Å²) in [6.45, 7) is 9.70. The van der Waals surface area contributed by atoms with Gasteiger partial charge >= 0.3 is 5.97 Å². The molecule has 1 N–H and O–H groups in total. The molecule has 0 radical (unpaired) electrons. The maximum atomic E-state index is 10.5. The highest BCUT2D eigenvalue weighted by Crippen LogP contribution is 2.12. The van der Waals surface area contributed by atoms with Crippen molar-refractivity contribution in [3.63, 3.8) is 0 Å². The van der Waals surface area contributed by atoms with Crippen LogP contribution in [0.4, 0.5) is 0 Å². The van der Waals surface area contributed by atoms with Crippen molar-refractivity contribution < 1.29 is 14.6 Å². The van der Waals surface area contributed by atoms with Crippen LogP contribution in [0.25, 0.3) is 0 Å². The second-order valence-electron chi connectivity index (χ2n) is 2.35. The Morgan fingerprint density at radius 3 is 2.12 bits per heavy atom. The maximum Gasteiger partial charge on any atom is 0.337 e. The summed E-state index contributed by atoms with van der Waals surface area (Å²) < 4.78 is 4.83. The van der Waals surface area contributed by atoms with Crippen molar-refractivity contribution in [1.82, 2.24) is 4.98 Å². The summed E-state index contributed by atoms with van der Waals surface area (Å²) in [4.78, 5) is 14.3. The minimum Gasteiger partial charge on any atom is -0.481 e. The first-order valence-corrected chi connectivity index (χ1v) is 5.39. The third-order valence-corrected chi connectivity index (χ3v) is 1.53. The minimum atomic E-state index is -0.970. The number of carbonyl (C=O) groups is 1. The van der Waals surface area contributed by atoms with Gasteiger partial charge in [0.15, 0.2) is 0 Å². The molecule has 0 aliphatic rings. The summed E-state index contributed by atoms with van der Waals surface area (Å²) in [7, 11) is 1.49. The van der Waals surface area contributed by atoms with Crippen molar-refractivity contribution in [1.29, 1.82) is 0 Å². The van der Waals surface area contributed by atoms with E-state index in [-0.39, 0.29) is 5.56 Å². The molecule has 0 amide bonds. The number of ether oxygens (including phenoxy) is 1. The van der Waals surface area contributed by atoms with E-state index in [1.807, 2.05) is 27.7 Å². The molecule has 16 heavy (non-hydrogen) atoms. The average molecular weight is 227 g/mol. The Kier molecular flexibility index (Phi) is 10.5. The Labute approximate surface area is 97.3 Å². The van der Waals surface area contributed by atoms with Gasteiger partial charge in [0.25, 0.3) is 0 Å². The van der Waals surface area contributed by atoms with Crippen molar-refractivity contribution in [3.05, 3.63) is 23.4 Å². The van der Waals surface area contributed by atoms with E-state index in [2.05, 4.69) is 4.98 Å². The molecule has 0 aliphatic carbocycles. The van der Waals surface area contributed by atoms with Crippen LogP contribution in [-0.2, 0) is 0 Å². The molecule has 0 saturated heterocycles. The van der Waals surface area contributed by atoms with Crippen LogP contribution in [0.1, 0.15) is 43.6 Å². The molecule has 4 heteroatoms. The predicted octanol–water partition coefficient (Wildman–Crippen LogP) is 3.15. The number of rotatable bonds is 2. The molecular weight excluding hydrogens is 206 g/mol. The lowest BCUT2D eigenvalue weighted by atomic mass is 10.2. The summed E-state index contributed by atoms with van der Waals surface area (Å²) in [6, 6.07) is 1.59. The van der Waals surface area contributed by atoms with Gasteiger partial charge in [-0.3, -0.25) is 0 Å². The molecule has 0 saturated carbocycles. The normalized spacial score (nSPS) is 7.88. The van der Waals surface area contributed by atoms with E-state index in [4.69, 9.17) is 9.84 Å². The van der Waals surface area contributed by atoms with E-state index in [0.29, 0.717) is 11.4 Å². The van der Waals surface area contributed by atoms with Gasteiger partial charge in [0.2, 0.25) is 5.88 Å². The number of pyridine rings is 1. The number of nitrogens with zero attached hydrogens (tertiary/aromatic N) is 1. The summed E-state index contributed by atoms with van der Waals surface area (Å²) in [5.41, 5.74) is 0.852. The van der Waals surface area contributed by atoms with E-state index >= 15 is 0 Å². The highest BCUT2D eigenvalue weighted by Gasteiger charge is 2.07. The molecular formula is C12H21NO3. The van der Waals surface area contributed by atoms with Crippen molar-refractivity contribution in [2.75, 3.05) is 7.11 Å². The second kappa shape index (κ2) is 9.96. The second-order valence-corrected chi connectivity index (χ2v) is 2.35. The third-order valence-electron chi connectivity index (χ3n) is 1.53. The molecule has 1 aromatic rings. The van der Waals surface area contributed by atoms with Crippen molar-refractivity contribution >= 4 is 5.97 Å². The zero-order chi connectivity index (χ0) is 13.1. The lowest BCUT2D eigenvalue weighted by Crippen LogP contribution is -2.01. The molecule has 4 nitrogen and oxygen atoms in total. The summed E-state index contributed by atoms with van der Waals surface area (Å²) in [5, 5.41) is 8.65. The van der Waals surface area contributed by atoms with E-state index in [0.717, 1.165) is 0 Å². The standard InChI is InChI=1S/C8H9NO3.2C2H6/c1-5-3-7(12-2)9-4-6(5)8(10)11;2*1-2/h3-4H,1-2H3,(H,10,11);2*1-2H3. The molecule has 0 atom stereocenters. The molecule has 1 rings (SSSR count). The summed E-state index contributed by atoms with van der Waals surface area (Å²) in [6.07, 6.45) is 1.29. The molecule has 0 aliphatic heterocycles. The van der Waals surface area contributed by atoms with E-state index in [9.17, 15) is 4.79 Å².